The summed E-state index contributed by atoms with van der Waals surface area (Å²) in [5.41, 5.74) is 5.96. The van der Waals surface area contributed by atoms with Gasteiger partial charge in [0.2, 0.25) is 0 Å². The van der Waals surface area contributed by atoms with Gasteiger partial charge in [-0.1, -0.05) is 53.8 Å². The van der Waals surface area contributed by atoms with Crippen LogP contribution in [0.15, 0.2) is 29.2 Å². The molecule has 2 rings (SSSR count). The summed E-state index contributed by atoms with van der Waals surface area (Å²) in [4.78, 5) is 0.644. The standard InChI is InChI=1S/C8H5Cl2NOS.C7H7Cl2NO.CH4/c1-12-7-3-8(13-4-11)6(10)2-5(7)9;1-11-7-3-6(10)4(8)2-5(7)9;/h2-3H,1H3;2-3H,10H2,1H3;1H4. The molecule has 0 saturated heterocycles. The summed E-state index contributed by atoms with van der Waals surface area (Å²) in [6.07, 6.45) is 0. The van der Waals surface area contributed by atoms with E-state index in [1.54, 1.807) is 24.3 Å². The molecule has 0 unspecified atom stereocenters. The normalized spacial score (nSPS) is 9.16. The summed E-state index contributed by atoms with van der Waals surface area (Å²) < 4.78 is 9.88. The zero-order chi connectivity index (χ0) is 18.3. The monoisotopic (exact) mass is 440 g/mol. The van der Waals surface area contributed by atoms with E-state index in [0.717, 1.165) is 11.8 Å². The first-order valence-electron chi connectivity index (χ1n) is 6.21. The van der Waals surface area contributed by atoms with Crippen LogP contribution in [0.2, 0.25) is 20.1 Å². The number of thioether (sulfide) groups is 1. The number of rotatable bonds is 3. The van der Waals surface area contributed by atoms with Crippen LogP contribution in [0.25, 0.3) is 0 Å². The van der Waals surface area contributed by atoms with Crippen molar-refractivity contribution in [2.45, 2.75) is 12.3 Å². The highest BCUT2D eigenvalue weighted by Gasteiger charge is 2.07. The fraction of sp³-hybridized carbons (Fsp3) is 0.188. The van der Waals surface area contributed by atoms with Crippen LogP contribution in [0.4, 0.5) is 5.69 Å². The largest absolute Gasteiger partial charge is 0.495 e. The van der Waals surface area contributed by atoms with Gasteiger partial charge >= 0.3 is 0 Å². The van der Waals surface area contributed by atoms with Gasteiger partial charge < -0.3 is 15.2 Å². The Hall–Kier alpha value is -1.16. The van der Waals surface area contributed by atoms with Crippen molar-refractivity contribution in [1.82, 2.24) is 0 Å². The second kappa shape index (κ2) is 11.5. The molecule has 4 nitrogen and oxygen atoms in total. The molecule has 0 amide bonds. The van der Waals surface area contributed by atoms with Crippen LogP contribution < -0.4 is 15.2 Å². The molecule has 0 aliphatic rings. The van der Waals surface area contributed by atoms with Crippen LogP contribution in [0.5, 0.6) is 11.5 Å². The SMILES string of the molecule is C.COc1cc(N)c(Cl)cc1Cl.COc1cc(SC#N)c(Cl)cc1Cl. The lowest BCUT2D eigenvalue weighted by Crippen LogP contribution is -1.89. The van der Waals surface area contributed by atoms with Gasteiger partial charge in [-0.05, 0) is 30.0 Å². The second-order valence-electron chi connectivity index (χ2n) is 4.12. The highest BCUT2D eigenvalue weighted by Crippen LogP contribution is 2.35. The minimum absolute atomic E-state index is 0. The third-order valence-corrected chi connectivity index (χ3v) is 4.62. The van der Waals surface area contributed by atoms with Gasteiger partial charge in [-0.25, -0.2) is 0 Å². The second-order valence-corrected chi connectivity index (χ2v) is 6.57. The van der Waals surface area contributed by atoms with Gasteiger partial charge in [-0.15, -0.1) is 0 Å². The van der Waals surface area contributed by atoms with Gasteiger partial charge in [0, 0.05) is 11.0 Å². The molecule has 0 aromatic heterocycles. The third kappa shape index (κ3) is 6.93. The number of thiocyanates is 1. The van der Waals surface area contributed by atoms with E-state index in [1.165, 1.54) is 14.2 Å². The van der Waals surface area contributed by atoms with Crippen LogP contribution in [0.3, 0.4) is 0 Å². The Morgan fingerprint density at radius 2 is 1.36 bits per heavy atom. The molecule has 0 aliphatic carbocycles. The van der Waals surface area contributed by atoms with E-state index in [0.29, 0.717) is 42.2 Å². The van der Waals surface area contributed by atoms with Gasteiger partial charge in [0.1, 0.15) is 16.9 Å². The van der Waals surface area contributed by atoms with Crippen molar-refractivity contribution in [3.8, 4) is 16.9 Å². The molecule has 0 spiro atoms. The summed E-state index contributed by atoms with van der Waals surface area (Å²) >= 11 is 24.0. The number of halogens is 4. The Kier molecular flexibility index (Phi) is 10.9. The average Bonchev–Trinajstić information content (AvgIpc) is 2.54. The van der Waals surface area contributed by atoms with Gasteiger partial charge in [-0.2, -0.15) is 5.26 Å². The van der Waals surface area contributed by atoms with E-state index in [9.17, 15) is 0 Å². The van der Waals surface area contributed by atoms with Crippen LogP contribution in [-0.2, 0) is 0 Å². The van der Waals surface area contributed by atoms with Crippen molar-refractivity contribution in [3.05, 3.63) is 44.4 Å². The van der Waals surface area contributed by atoms with Gasteiger partial charge in [0.15, 0.2) is 0 Å². The summed E-state index contributed by atoms with van der Waals surface area (Å²) in [6, 6.07) is 6.34. The Morgan fingerprint density at radius 3 is 1.84 bits per heavy atom. The molecular weight excluding hydrogens is 426 g/mol. The Balaban J connectivity index is 0.000000449. The number of benzene rings is 2. The quantitative estimate of drug-likeness (QED) is 0.322. The number of nitrogens with zero attached hydrogens (tertiary/aromatic N) is 1. The summed E-state index contributed by atoms with van der Waals surface area (Å²) in [5.74, 6) is 1.05. The van der Waals surface area contributed by atoms with E-state index in [-0.39, 0.29) is 7.43 Å². The first kappa shape index (κ1) is 23.8. The first-order valence-corrected chi connectivity index (χ1v) is 8.54. The van der Waals surface area contributed by atoms with Crippen LogP contribution in [0, 0.1) is 10.7 Å². The lowest BCUT2D eigenvalue weighted by Gasteiger charge is -2.05. The minimum Gasteiger partial charge on any atom is -0.495 e. The molecular formula is C16H16Cl4N2O2S. The van der Waals surface area contributed by atoms with Crippen molar-refractivity contribution < 1.29 is 9.47 Å². The number of anilines is 1. The maximum Gasteiger partial charge on any atom is 0.139 e. The van der Waals surface area contributed by atoms with E-state index in [2.05, 4.69) is 0 Å². The van der Waals surface area contributed by atoms with Gasteiger partial charge in [-0.3, -0.25) is 0 Å². The highest BCUT2D eigenvalue weighted by molar-refractivity contribution is 8.03. The maximum atomic E-state index is 8.46. The molecule has 0 heterocycles. The fourth-order valence-corrected chi connectivity index (χ4v) is 2.95. The summed E-state index contributed by atoms with van der Waals surface area (Å²) in [7, 11) is 3.03. The van der Waals surface area contributed by atoms with Crippen molar-refractivity contribution in [1.29, 1.82) is 5.26 Å². The lowest BCUT2D eigenvalue weighted by atomic mass is 10.3. The highest BCUT2D eigenvalue weighted by atomic mass is 35.5. The number of nitrogens with two attached hydrogens (primary N) is 1. The Bertz CT molecular complexity index is 767. The molecule has 2 aromatic rings. The Labute approximate surface area is 171 Å². The summed E-state index contributed by atoms with van der Waals surface area (Å²) in [6.45, 7) is 0. The van der Waals surface area contributed by atoms with E-state index < -0.39 is 0 Å². The predicted molar refractivity (Wildman–Crippen MR) is 109 cm³/mol. The van der Waals surface area contributed by atoms with E-state index >= 15 is 0 Å². The zero-order valence-electron chi connectivity index (χ0n) is 12.6. The smallest absolute Gasteiger partial charge is 0.139 e. The molecule has 9 heteroatoms. The van der Waals surface area contributed by atoms with Gasteiger partial charge in [0.05, 0.1) is 40.0 Å². The predicted octanol–water partition coefficient (Wildman–Crippen LogP) is 6.80. The average molecular weight is 442 g/mol. The number of hydrogen-bond donors (Lipinski definition) is 1. The van der Waals surface area contributed by atoms with E-state index in [1.807, 2.05) is 5.40 Å². The lowest BCUT2D eigenvalue weighted by molar-refractivity contribution is 0.414. The minimum atomic E-state index is 0. The van der Waals surface area contributed by atoms with Crippen LogP contribution >= 0.6 is 58.2 Å². The number of methoxy groups -OCH3 is 2. The van der Waals surface area contributed by atoms with E-state index in [4.69, 9.17) is 66.9 Å². The van der Waals surface area contributed by atoms with Crippen molar-refractivity contribution >= 4 is 63.9 Å². The Morgan fingerprint density at radius 1 is 0.880 bits per heavy atom. The molecule has 0 aliphatic heterocycles. The fourth-order valence-electron chi connectivity index (χ4n) is 1.50. The topological polar surface area (TPSA) is 68.3 Å². The molecule has 0 saturated carbocycles. The molecule has 25 heavy (non-hydrogen) atoms. The van der Waals surface area contributed by atoms with Crippen molar-refractivity contribution in [3.63, 3.8) is 0 Å². The maximum absolute atomic E-state index is 8.46. The molecule has 2 aromatic carbocycles. The molecule has 0 bridgehead atoms. The molecule has 136 valence electrons. The molecule has 0 atom stereocenters. The number of nitriles is 1. The molecule has 0 radical (unpaired) electrons. The number of nitrogen functional groups attached to an aromatic ring is 1. The van der Waals surface area contributed by atoms with Crippen LogP contribution in [-0.4, -0.2) is 14.2 Å². The van der Waals surface area contributed by atoms with Gasteiger partial charge in [0.25, 0.3) is 0 Å². The summed E-state index contributed by atoms with van der Waals surface area (Å²) in [5, 5.41) is 12.2. The molecule has 2 N–H and O–H groups in total. The van der Waals surface area contributed by atoms with Crippen molar-refractivity contribution in [2.75, 3.05) is 20.0 Å². The van der Waals surface area contributed by atoms with Crippen molar-refractivity contribution in [2.24, 2.45) is 0 Å². The zero-order valence-corrected chi connectivity index (χ0v) is 16.4. The third-order valence-electron chi connectivity index (χ3n) is 2.63. The molecule has 0 fully saturated rings. The number of hydrogen-bond acceptors (Lipinski definition) is 5. The number of ether oxygens (including phenoxy) is 2. The van der Waals surface area contributed by atoms with Crippen LogP contribution in [0.1, 0.15) is 7.43 Å². The first-order chi connectivity index (χ1) is 11.3.